The fraction of sp³-hybridized carbons (Fsp3) is 0.318. The van der Waals surface area contributed by atoms with E-state index >= 15 is 0 Å². The first-order chi connectivity index (χ1) is 14.3. The van der Waals surface area contributed by atoms with E-state index in [1.54, 1.807) is 10.9 Å². The number of aryl methyl sites for hydroxylation is 1. The molecule has 1 unspecified atom stereocenters. The summed E-state index contributed by atoms with van der Waals surface area (Å²) in [6.07, 6.45) is 4.04. The average Bonchev–Trinajstić information content (AvgIpc) is 3.41. The summed E-state index contributed by atoms with van der Waals surface area (Å²) >= 11 is 0. The van der Waals surface area contributed by atoms with Gasteiger partial charge in [-0.05, 0) is 60.5 Å². The Bertz CT molecular complexity index is 1100. The summed E-state index contributed by atoms with van der Waals surface area (Å²) in [5.41, 5.74) is 4.28. The van der Waals surface area contributed by atoms with Crippen molar-refractivity contribution in [2.45, 2.75) is 38.4 Å². The number of furan rings is 1. The third-order valence-corrected chi connectivity index (χ3v) is 5.65. The van der Waals surface area contributed by atoms with Crippen molar-refractivity contribution in [2.24, 2.45) is 0 Å². The molecule has 2 aromatic carbocycles. The number of nitrogens with one attached hydrogen (secondary N) is 2. The predicted octanol–water partition coefficient (Wildman–Crippen LogP) is 3.30. The molecule has 0 amide bonds. The number of tetrazole rings is 1. The van der Waals surface area contributed by atoms with Crippen LogP contribution in [0.15, 0.2) is 59.2 Å². The van der Waals surface area contributed by atoms with E-state index in [1.807, 2.05) is 13.0 Å². The van der Waals surface area contributed by atoms with Crippen LogP contribution >= 0.6 is 0 Å². The zero-order chi connectivity index (χ0) is 19.6. The molecule has 2 aromatic heterocycles. The van der Waals surface area contributed by atoms with Crippen LogP contribution in [-0.2, 0) is 6.54 Å². The Labute approximate surface area is 169 Å². The van der Waals surface area contributed by atoms with Gasteiger partial charge < -0.3 is 15.1 Å². The Morgan fingerprint density at radius 1 is 1.21 bits per heavy atom. The first-order valence-corrected chi connectivity index (χ1v) is 10.1. The molecule has 4 aromatic rings. The lowest BCUT2D eigenvalue weighted by atomic mass is 9.92. The number of rotatable bonds is 5. The van der Waals surface area contributed by atoms with Gasteiger partial charge >= 0.3 is 0 Å². The Balaban J connectivity index is 1.42. The zero-order valence-electron chi connectivity index (χ0n) is 16.4. The molecule has 0 aliphatic carbocycles. The fourth-order valence-electron chi connectivity index (χ4n) is 4.22. The molecule has 7 nitrogen and oxygen atoms in total. The lowest BCUT2D eigenvalue weighted by Gasteiger charge is -2.34. The smallest absolute Gasteiger partial charge is 0.153 e. The second-order valence-electron chi connectivity index (χ2n) is 7.55. The van der Waals surface area contributed by atoms with Crippen molar-refractivity contribution >= 4 is 11.0 Å². The second-order valence-corrected chi connectivity index (χ2v) is 7.55. The fourth-order valence-corrected chi connectivity index (χ4v) is 4.22. The zero-order valence-corrected chi connectivity index (χ0v) is 16.4. The first kappa shape index (κ1) is 18.0. The van der Waals surface area contributed by atoms with Crippen LogP contribution < -0.4 is 10.6 Å². The SMILES string of the molecule is Cc1nnnn1-c1cc(CN[C@H]2CCCNC2c2ccccc2)c2occc2c1. The standard InChI is InChI=1S/C22H24N6O/c1-15-25-26-27-28(15)19-12-17-9-11-29-22(17)18(13-19)14-24-20-8-5-10-23-21(20)16-6-3-2-4-7-16/h2-4,6-7,9,11-13,20-21,23-24H,5,8,10,14H2,1H3/t20-,21?/m0/s1. The van der Waals surface area contributed by atoms with E-state index in [-0.39, 0.29) is 0 Å². The molecule has 1 aliphatic heterocycles. The van der Waals surface area contributed by atoms with Crippen molar-refractivity contribution in [3.8, 4) is 5.69 Å². The first-order valence-electron chi connectivity index (χ1n) is 10.1. The van der Waals surface area contributed by atoms with Crippen LogP contribution in [0.1, 0.15) is 35.8 Å². The van der Waals surface area contributed by atoms with Crippen molar-refractivity contribution in [2.75, 3.05) is 6.54 Å². The lowest BCUT2D eigenvalue weighted by Crippen LogP contribution is -2.45. The number of piperidine rings is 1. The van der Waals surface area contributed by atoms with Crippen LogP contribution in [-0.4, -0.2) is 32.8 Å². The molecular formula is C22H24N6O. The minimum atomic E-state index is 0.307. The normalized spacial score (nSPS) is 19.6. The summed E-state index contributed by atoms with van der Waals surface area (Å²) < 4.78 is 7.54. The molecule has 1 saturated heterocycles. The van der Waals surface area contributed by atoms with Crippen molar-refractivity contribution < 1.29 is 4.42 Å². The number of nitrogens with zero attached hydrogens (tertiary/aromatic N) is 4. The predicted molar refractivity (Wildman–Crippen MR) is 111 cm³/mol. The molecule has 3 heterocycles. The van der Waals surface area contributed by atoms with Gasteiger partial charge in [-0.2, -0.15) is 4.68 Å². The van der Waals surface area contributed by atoms with Gasteiger partial charge in [0.15, 0.2) is 5.82 Å². The van der Waals surface area contributed by atoms with E-state index in [9.17, 15) is 0 Å². The molecule has 148 valence electrons. The number of benzene rings is 2. The maximum atomic E-state index is 5.79. The van der Waals surface area contributed by atoms with Gasteiger partial charge in [0.2, 0.25) is 0 Å². The molecule has 7 heteroatoms. The molecule has 29 heavy (non-hydrogen) atoms. The van der Waals surface area contributed by atoms with E-state index in [0.717, 1.165) is 41.0 Å². The Morgan fingerprint density at radius 3 is 2.93 bits per heavy atom. The van der Waals surface area contributed by atoms with Crippen LogP contribution in [0.2, 0.25) is 0 Å². The number of aromatic nitrogens is 4. The molecule has 0 radical (unpaired) electrons. The van der Waals surface area contributed by atoms with Gasteiger partial charge in [-0.25, -0.2) is 0 Å². The molecule has 2 N–H and O–H groups in total. The van der Waals surface area contributed by atoms with Gasteiger partial charge in [-0.15, -0.1) is 5.10 Å². The van der Waals surface area contributed by atoms with Gasteiger partial charge in [0, 0.05) is 29.6 Å². The minimum absolute atomic E-state index is 0.307. The van der Waals surface area contributed by atoms with Crippen molar-refractivity contribution in [3.63, 3.8) is 0 Å². The highest BCUT2D eigenvalue weighted by molar-refractivity contribution is 5.82. The third-order valence-electron chi connectivity index (χ3n) is 5.65. The molecule has 2 atom stereocenters. The molecule has 0 bridgehead atoms. The van der Waals surface area contributed by atoms with Gasteiger partial charge in [0.05, 0.1) is 12.0 Å². The molecule has 0 spiro atoms. The molecule has 5 rings (SSSR count). The maximum absolute atomic E-state index is 5.79. The Kier molecular flexibility index (Phi) is 4.83. The molecular weight excluding hydrogens is 364 g/mol. The topological polar surface area (TPSA) is 80.8 Å². The number of hydrogen-bond donors (Lipinski definition) is 2. The number of fused-ring (bicyclic) bond motifs is 1. The summed E-state index contributed by atoms with van der Waals surface area (Å²) in [6.45, 7) is 3.67. The van der Waals surface area contributed by atoms with Gasteiger partial charge in [-0.1, -0.05) is 30.3 Å². The van der Waals surface area contributed by atoms with Crippen molar-refractivity contribution in [1.82, 2.24) is 30.8 Å². The second kappa shape index (κ2) is 7.77. The maximum Gasteiger partial charge on any atom is 0.153 e. The van der Waals surface area contributed by atoms with Crippen LogP contribution in [0.25, 0.3) is 16.7 Å². The van der Waals surface area contributed by atoms with Crippen molar-refractivity contribution in [3.05, 3.63) is 71.7 Å². The third kappa shape index (κ3) is 3.54. The largest absolute Gasteiger partial charge is 0.464 e. The van der Waals surface area contributed by atoms with Gasteiger partial charge in [0.1, 0.15) is 5.58 Å². The molecule has 1 fully saturated rings. The van der Waals surface area contributed by atoms with E-state index in [2.05, 4.69) is 68.6 Å². The van der Waals surface area contributed by atoms with Crippen LogP contribution in [0.5, 0.6) is 0 Å². The van der Waals surface area contributed by atoms with Crippen LogP contribution in [0, 0.1) is 6.92 Å². The summed E-state index contributed by atoms with van der Waals surface area (Å²) in [4.78, 5) is 0. The van der Waals surface area contributed by atoms with E-state index in [1.165, 1.54) is 12.0 Å². The molecule has 1 aliphatic rings. The summed E-state index contributed by atoms with van der Waals surface area (Å²) in [5.74, 6) is 0.757. The quantitative estimate of drug-likeness (QED) is 0.546. The van der Waals surface area contributed by atoms with E-state index in [0.29, 0.717) is 18.6 Å². The van der Waals surface area contributed by atoms with Crippen LogP contribution in [0.3, 0.4) is 0 Å². The lowest BCUT2D eigenvalue weighted by molar-refractivity contribution is 0.304. The highest BCUT2D eigenvalue weighted by atomic mass is 16.3. The molecule has 0 saturated carbocycles. The van der Waals surface area contributed by atoms with E-state index < -0.39 is 0 Å². The van der Waals surface area contributed by atoms with Gasteiger partial charge in [-0.3, -0.25) is 0 Å². The monoisotopic (exact) mass is 388 g/mol. The van der Waals surface area contributed by atoms with Crippen molar-refractivity contribution in [1.29, 1.82) is 0 Å². The summed E-state index contributed by atoms with van der Waals surface area (Å²) in [5, 5.41) is 20.4. The average molecular weight is 388 g/mol. The summed E-state index contributed by atoms with van der Waals surface area (Å²) in [7, 11) is 0. The van der Waals surface area contributed by atoms with Gasteiger partial charge in [0.25, 0.3) is 0 Å². The number of hydrogen-bond acceptors (Lipinski definition) is 6. The Hall–Kier alpha value is -3.03. The van der Waals surface area contributed by atoms with E-state index in [4.69, 9.17) is 4.42 Å². The minimum Gasteiger partial charge on any atom is -0.464 e. The summed E-state index contributed by atoms with van der Waals surface area (Å²) in [6, 6.07) is 17.5. The Morgan fingerprint density at radius 2 is 2.10 bits per heavy atom. The highest BCUT2D eigenvalue weighted by Gasteiger charge is 2.26. The highest BCUT2D eigenvalue weighted by Crippen LogP contribution is 2.27. The van der Waals surface area contributed by atoms with Crippen LogP contribution in [0.4, 0.5) is 0 Å².